The highest BCUT2D eigenvalue weighted by Crippen LogP contribution is 2.26. The Bertz CT molecular complexity index is 1040. The van der Waals surface area contributed by atoms with Gasteiger partial charge in [0.05, 0.1) is 25.4 Å². The van der Waals surface area contributed by atoms with Crippen LogP contribution in [0.4, 0.5) is 0 Å². The van der Waals surface area contributed by atoms with Crippen LogP contribution < -0.4 is 5.32 Å². The number of aliphatic hydroxyl groups excluding tert-OH is 5. The van der Waals surface area contributed by atoms with E-state index < -0.39 is 78.5 Å². The second-order valence-corrected chi connectivity index (χ2v) is 13.3. The molecule has 13 nitrogen and oxygen atoms in total. The zero-order valence-corrected chi connectivity index (χ0v) is 29.5. The molecule has 0 aromatic heterocycles. The van der Waals surface area contributed by atoms with Gasteiger partial charge in [-0.2, -0.15) is 8.42 Å². The third kappa shape index (κ3) is 19.5. The summed E-state index contributed by atoms with van der Waals surface area (Å²) in [6, 6.07) is -1.14. The molecule has 48 heavy (non-hydrogen) atoms. The summed E-state index contributed by atoms with van der Waals surface area (Å²) < 4.78 is 47.0. The number of carbonyl (C=O) groups is 1. The van der Waals surface area contributed by atoms with E-state index in [4.69, 9.17) is 14.0 Å². The van der Waals surface area contributed by atoms with E-state index in [9.17, 15) is 38.7 Å². The van der Waals surface area contributed by atoms with E-state index in [0.29, 0.717) is 12.8 Å². The highest BCUT2D eigenvalue weighted by Gasteiger charge is 2.48. The molecule has 0 aliphatic carbocycles. The van der Waals surface area contributed by atoms with Crippen molar-refractivity contribution in [3.8, 4) is 0 Å². The normalized spacial score (nSPS) is 24.0. The summed E-state index contributed by atoms with van der Waals surface area (Å²) in [5.74, 6) is -0.730. The lowest BCUT2D eigenvalue weighted by Gasteiger charge is -2.41. The van der Waals surface area contributed by atoms with Crippen LogP contribution in [-0.2, 0) is 28.9 Å². The van der Waals surface area contributed by atoms with Gasteiger partial charge in [0.15, 0.2) is 6.29 Å². The minimum atomic E-state index is -5.11. The van der Waals surface area contributed by atoms with Crippen molar-refractivity contribution < 1.29 is 57.0 Å². The largest absolute Gasteiger partial charge is 0.397 e. The Morgan fingerprint density at radius 2 is 1.42 bits per heavy atom. The molecule has 1 saturated heterocycles. The van der Waals surface area contributed by atoms with Gasteiger partial charge in [0.1, 0.15) is 30.5 Å². The molecule has 0 radical (unpaired) electrons. The molecule has 1 aliphatic rings. The first-order chi connectivity index (χ1) is 22.9. The molecule has 8 atom stereocenters. The summed E-state index contributed by atoms with van der Waals surface area (Å²) in [5.41, 5.74) is 0. The molecule has 1 aliphatic heterocycles. The number of hydrogen-bond donors (Lipinski definition) is 7. The topological polar surface area (TPSA) is 212 Å². The summed E-state index contributed by atoms with van der Waals surface area (Å²) in [6.07, 6.45) is 14.3. The molecule has 0 saturated carbocycles. The molecule has 8 unspecified atom stereocenters. The quantitative estimate of drug-likeness (QED) is 0.0372. The summed E-state index contributed by atoms with van der Waals surface area (Å²) in [4.78, 5) is 12.9. The van der Waals surface area contributed by atoms with E-state index in [1.807, 2.05) is 0 Å². The van der Waals surface area contributed by atoms with Gasteiger partial charge in [0.2, 0.25) is 5.91 Å². The Hall–Kier alpha value is -1.72. The van der Waals surface area contributed by atoms with Crippen LogP contribution >= 0.6 is 0 Å². The molecular formula is C34H61NO12S. The van der Waals surface area contributed by atoms with Gasteiger partial charge >= 0.3 is 10.4 Å². The lowest BCUT2D eigenvalue weighted by atomic mass is 9.99. The molecule has 1 heterocycles. The summed E-state index contributed by atoms with van der Waals surface area (Å²) in [5, 5.41) is 54.5. The molecule has 280 valence electrons. The van der Waals surface area contributed by atoms with Gasteiger partial charge in [0, 0.05) is 0 Å². The van der Waals surface area contributed by atoms with Crippen molar-refractivity contribution in [3.63, 3.8) is 0 Å². The zero-order chi connectivity index (χ0) is 35.8. The number of hydrogen-bond acceptors (Lipinski definition) is 11. The Kier molecular flexibility index (Phi) is 24.1. The van der Waals surface area contributed by atoms with E-state index in [2.05, 4.69) is 47.7 Å². The van der Waals surface area contributed by atoms with Crippen LogP contribution in [0.5, 0.6) is 0 Å². The highest BCUT2D eigenvalue weighted by atomic mass is 32.3. The fourth-order valence-corrected chi connectivity index (χ4v) is 5.61. The van der Waals surface area contributed by atoms with Gasteiger partial charge in [0.25, 0.3) is 0 Å². The average molecular weight is 708 g/mol. The van der Waals surface area contributed by atoms with Gasteiger partial charge in [-0.1, -0.05) is 95.2 Å². The fourth-order valence-electron chi connectivity index (χ4n) is 5.10. The predicted octanol–water partition coefficient (Wildman–Crippen LogP) is 3.40. The third-order valence-corrected chi connectivity index (χ3v) is 8.47. The molecule has 14 heteroatoms. The standard InChI is InChI=1S/C34H61NO12S/c1-3-5-7-9-11-13-15-17-19-21-23-28(38)33(41)35-26(27(37)22-20-18-16-14-12-10-8-6-4-2)25-45-34-31(40)32(47-48(42,43)44)30(39)29(24-36)46-34/h9,11-12,14,20,22,26-32,34,36-40H,3-8,10,13,15-19,21,23-25H2,1-2H3,(H,35,41)(H,42,43,44)/b11-9-,14-12+,22-20+. The molecule has 0 aromatic rings. The van der Waals surface area contributed by atoms with Crippen LogP contribution in [-0.4, -0.2) is 107 Å². The maximum absolute atomic E-state index is 12.9. The summed E-state index contributed by atoms with van der Waals surface area (Å²) >= 11 is 0. The molecule has 1 fully saturated rings. The summed E-state index contributed by atoms with van der Waals surface area (Å²) in [7, 11) is -5.11. The minimum absolute atomic E-state index is 0.220. The number of allylic oxidation sites excluding steroid dienone is 5. The molecule has 0 spiro atoms. The highest BCUT2D eigenvalue weighted by molar-refractivity contribution is 7.80. The molecule has 1 amide bonds. The number of ether oxygens (including phenoxy) is 2. The van der Waals surface area contributed by atoms with Crippen molar-refractivity contribution >= 4 is 16.3 Å². The SMILES string of the molecule is CCCC/C=C\CCCCCCC(O)C(=O)NC(COC1OC(CO)C(O)C(OS(=O)(=O)O)C1O)C(O)/C=C/CC/C=C/CCCCC. The van der Waals surface area contributed by atoms with Crippen molar-refractivity contribution in [2.75, 3.05) is 13.2 Å². The number of nitrogens with one attached hydrogen (secondary N) is 1. The fraction of sp³-hybridized carbons (Fsp3) is 0.794. The molecular weight excluding hydrogens is 646 g/mol. The van der Waals surface area contributed by atoms with Gasteiger partial charge in [-0.05, 0) is 51.4 Å². The van der Waals surface area contributed by atoms with Gasteiger partial charge in [-0.25, -0.2) is 4.18 Å². The Labute approximate surface area is 287 Å². The zero-order valence-electron chi connectivity index (χ0n) is 28.6. The van der Waals surface area contributed by atoms with Crippen LogP contribution in [0.3, 0.4) is 0 Å². The predicted molar refractivity (Wildman–Crippen MR) is 182 cm³/mol. The van der Waals surface area contributed by atoms with Crippen molar-refractivity contribution in [3.05, 3.63) is 36.5 Å². The van der Waals surface area contributed by atoms with Crippen LogP contribution in [0.1, 0.15) is 110 Å². The van der Waals surface area contributed by atoms with E-state index in [-0.39, 0.29) is 6.42 Å². The van der Waals surface area contributed by atoms with Gasteiger partial charge in [-0.3, -0.25) is 9.35 Å². The smallest absolute Gasteiger partial charge is 0.394 e. The van der Waals surface area contributed by atoms with Crippen LogP contribution in [0.2, 0.25) is 0 Å². The number of amides is 1. The first-order valence-electron chi connectivity index (χ1n) is 17.5. The van der Waals surface area contributed by atoms with E-state index >= 15 is 0 Å². The van der Waals surface area contributed by atoms with E-state index in [1.54, 1.807) is 6.08 Å². The second kappa shape index (κ2) is 26.1. The first-order valence-corrected chi connectivity index (χ1v) is 18.8. The number of carbonyl (C=O) groups excluding carboxylic acids is 1. The monoisotopic (exact) mass is 707 g/mol. The van der Waals surface area contributed by atoms with Crippen LogP contribution in [0.25, 0.3) is 0 Å². The Balaban J connectivity index is 2.81. The number of aliphatic hydroxyl groups is 5. The van der Waals surface area contributed by atoms with Crippen molar-refractivity contribution in [2.24, 2.45) is 0 Å². The maximum atomic E-state index is 12.9. The van der Waals surface area contributed by atoms with Crippen molar-refractivity contribution in [1.29, 1.82) is 0 Å². The second-order valence-electron chi connectivity index (χ2n) is 12.2. The van der Waals surface area contributed by atoms with Crippen LogP contribution in [0, 0.1) is 0 Å². The molecule has 0 aromatic carbocycles. The Morgan fingerprint density at radius 1 is 0.833 bits per heavy atom. The van der Waals surface area contributed by atoms with Crippen molar-refractivity contribution in [2.45, 2.75) is 159 Å². The number of rotatable bonds is 27. The first kappa shape index (κ1) is 44.3. The van der Waals surface area contributed by atoms with E-state index in [1.165, 1.54) is 25.3 Å². The van der Waals surface area contributed by atoms with Crippen molar-refractivity contribution in [1.82, 2.24) is 5.32 Å². The van der Waals surface area contributed by atoms with E-state index in [0.717, 1.165) is 57.8 Å². The molecule has 7 N–H and O–H groups in total. The summed E-state index contributed by atoms with van der Waals surface area (Å²) in [6.45, 7) is 3.02. The van der Waals surface area contributed by atoms with Gasteiger partial charge < -0.3 is 40.3 Å². The maximum Gasteiger partial charge on any atom is 0.397 e. The molecule has 1 rings (SSSR count). The lowest BCUT2D eigenvalue weighted by Crippen LogP contribution is -2.61. The van der Waals surface area contributed by atoms with Gasteiger partial charge in [-0.15, -0.1) is 0 Å². The van der Waals surface area contributed by atoms with Crippen LogP contribution in [0.15, 0.2) is 36.5 Å². The Morgan fingerprint density at radius 3 is 2.04 bits per heavy atom. The minimum Gasteiger partial charge on any atom is -0.394 e. The molecule has 0 bridgehead atoms. The average Bonchev–Trinajstić information content (AvgIpc) is 3.05. The third-order valence-electron chi connectivity index (χ3n) is 8.00. The lowest BCUT2D eigenvalue weighted by molar-refractivity contribution is -0.298. The number of unbranched alkanes of at least 4 members (excludes halogenated alkanes) is 10.